The maximum atomic E-state index is 12.3. The van der Waals surface area contributed by atoms with E-state index in [1.165, 1.54) is 11.2 Å². The molecule has 5 aromatic rings. The van der Waals surface area contributed by atoms with E-state index in [4.69, 9.17) is 4.74 Å². The summed E-state index contributed by atoms with van der Waals surface area (Å²) in [5.74, 6) is 1.05. The Bertz CT molecular complexity index is 1490. The molecule has 0 radical (unpaired) electrons. The Balaban J connectivity index is 1.45. The van der Waals surface area contributed by atoms with Crippen LogP contribution in [0.3, 0.4) is 0 Å². The van der Waals surface area contributed by atoms with E-state index in [9.17, 15) is 4.79 Å². The summed E-state index contributed by atoms with van der Waals surface area (Å²) < 4.78 is 8.22. The molecule has 5 rings (SSSR count). The first kappa shape index (κ1) is 22.3. The molecule has 0 aliphatic rings. The van der Waals surface area contributed by atoms with Crippen LogP contribution >= 0.6 is 0 Å². The van der Waals surface area contributed by atoms with Gasteiger partial charge in [-0.1, -0.05) is 12.1 Å². The van der Waals surface area contributed by atoms with Gasteiger partial charge in [0.05, 0.1) is 23.1 Å². The molecule has 0 saturated carbocycles. The highest BCUT2D eigenvalue weighted by Gasteiger charge is 2.19. The minimum absolute atomic E-state index is 0.117. The molecule has 0 aliphatic carbocycles. The van der Waals surface area contributed by atoms with Crippen molar-refractivity contribution in [3.05, 3.63) is 85.1 Å². The number of fused-ring (bicyclic) bond motifs is 2. The maximum absolute atomic E-state index is 12.3. The lowest BCUT2D eigenvalue weighted by molar-refractivity contribution is -0.135. The number of likely N-dealkylation sites (N-methyl/N-ethyl adjacent to an activating group) is 1. The molecule has 0 spiro atoms. The van der Waals surface area contributed by atoms with Gasteiger partial charge in [0.15, 0.2) is 6.10 Å². The number of carbonyl (C=O) groups excluding carboxylic acids is 1. The van der Waals surface area contributed by atoms with Crippen molar-refractivity contribution in [1.82, 2.24) is 24.4 Å². The Labute approximate surface area is 203 Å². The van der Waals surface area contributed by atoms with Gasteiger partial charge in [0.25, 0.3) is 5.91 Å². The normalized spacial score (nSPS) is 12.0. The Morgan fingerprint density at radius 1 is 1.06 bits per heavy atom. The van der Waals surface area contributed by atoms with Crippen molar-refractivity contribution < 1.29 is 9.53 Å². The quantitative estimate of drug-likeness (QED) is 0.377. The second kappa shape index (κ2) is 9.42. The van der Waals surface area contributed by atoms with Crippen LogP contribution in [0.15, 0.2) is 79.4 Å². The molecule has 35 heavy (non-hydrogen) atoms. The molecule has 176 valence electrons. The van der Waals surface area contributed by atoms with Crippen LogP contribution in [-0.4, -0.2) is 50.5 Å². The standard InChI is InChI=1S/C27H26N6O2/c1-18(27(34)32(2)3)35-24-9-6-8-22-25(24)26(30-17-29-22)31-20-10-11-23-19(15-20)12-14-33(23)16-21-7-4-5-13-28-21/h4-15,17-18H,16H2,1-3H3,(H,29,30,31)/t18-/m1/s1. The van der Waals surface area contributed by atoms with Crippen molar-refractivity contribution in [2.75, 3.05) is 19.4 Å². The number of anilines is 2. The van der Waals surface area contributed by atoms with Crippen LogP contribution < -0.4 is 10.1 Å². The molecule has 1 atom stereocenters. The SMILES string of the molecule is C[C@@H](Oc1cccc2ncnc(Nc3ccc4c(ccn4Cc4ccccn4)c3)c12)C(=O)N(C)C. The molecule has 8 nitrogen and oxygen atoms in total. The van der Waals surface area contributed by atoms with Crippen LogP contribution in [0.4, 0.5) is 11.5 Å². The third-order valence-corrected chi connectivity index (χ3v) is 5.81. The topological polar surface area (TPSA) is 85.2 Å². The van der Waals surface area contributed by atoms with Crippen molar-refractivity contribution in [2.45, 2.75) is 19.6 Å². The van der Waals surface area contributed by atoms with Crippen molar-refractivity contribution in [3.63, 3.8) is 0 Å². The van der Waals surface area contributed by atoms with Crippen LogP contribution in [-0.2, 0) is 11.3 Å². The first-order chi connectivity index (χ1) is 17.0. The predicted octanol–water partition coefficient (Wildman–Crippen LogP) is 4.63. The third-order valence-electron chi connectivity index (χ3n) is 5.81. The average Bonchev–Trinajstić information content (AvgIpc) is 3.26. The van der Waals surface area contributed by atoms with E-state index in [0.717, 1.165) is 33.2 Å². The molecule has 2 aromatic carbocycles. The average molecular weight is 467 g/mol. The van der Waals surface area contributed by atoms with Gasteiger partial charge in [-0.15, -0.1) is 0 Å². The number of nitrogens with zero attached hydrogens (tertiary/aromatic N) is 5. The van der Waals surface area contributed by atoms with Crippen LogP contribution in [0.25, 0.3) is 21.8 Å². The first-order valence-corrected chi connectivity index (χ1v) is 11.4. The largest absolute Gasteiger partial charge is 0.480 e. The van der Waals surface area contributed by atoms with E-state index in [1.807, 2.05) is 48.7 Å². The number of amides is 1. The van der Waals surface area contributed by atoms with Crippen molar-refractivity contribution >= 4 is 39.2 Å². The predicted molar refractivity (Wildman–Crippen MR) is 137 cm³/mol. The number of carbonyl (C=O) groups is 1. The highest BCUT2D eigenvalue weighted by atomic mass is 16.5. The molecule has 3 heterocycles. The molecule has 0 bridgehead atoms. The van der Waals surface area contributed by atoms with Crippen LogP contribution in [0.2, 0.25) is 0 Å². The third kappa shape index (κ3) is 4.63. The van der Waals surface area contributed by atoms with Crippen LogP contribution in [0.1, 0.15) is 12.6 Å². The minimum Gasteiger partial charge on any atom is -0.480 e. The second-order valence-corrected chi connectivity index (χ2v) is 8.53. The molecule has 0 fully saturated rings. The zero-order valence-electron chi connectivity index (χ0n) is 19.8. The van der Waals surface area contributed by atoms with Gasteiger partial charge >= 0.3 is 0 Å². The van der Waals surface area contributed by atoms with E-state index >= 15 is 0 Å². The zero-order chi connectivity index (χ0) is 24.4. The summed E-state index contributed by atoms with van der Waals surface area (Å²) >= 11 is 0. The first-order valence-electron chi connectivity index (χ1n) is 11.4. The monoisotopic (exact) mass is 466 g/mol. The number of benzene rings is 2. The zero-order valence-corrected chi connectivity index (χ0v) is 19.8. The lowest BCUT2D eigenvalue weighted by Gasteiger charge is -2.20. The van der Waals surface area contributed by atoms with Crippen LogP contribution in [0, 0.1) is 0 Å². The highest BCUT2D eigenvalue weighted by molar-refractivity contribution is 5.97. The van der Waals surface area contributed by atoms with Gasteiger partial charge in [-0.05, 0) is 55.5 Å². The molecule has 0 aliphatic heterocycles. The summed E-state index contributed by atoms with van der Waals surface area (Å²) in [7, 11) is 3.42. The summed E-state index contributed by atoms with van der Waals surface area (Å²) in [5, 5.41) is 5.24. The number of pyridine rings is 1. The molecule has 3 aromatic heterocycles. The molecule has 1 amide bonds. The lowest BCUT2D eigenvalue weighted by atomic mass is 10.2. The Hall–Kier alpha value is -4.46. The fourth-order valence-corrected chi connectivity index (χ4v) is 4.09. The Morgan fingerprint density at radius 2 is 1.94 bits per heavy atom. The van der Waals surface area contributed by atoms with E-state index in [2.05, 4.69) is 49.2 Å². The molecular weight excluding hydrogens is 440 g/mol. The number of hydrogen-bond donors (Lipinski definition) is 1. The van der Waals surface area contributed by atoms with Crippen molar-refractivity contribution in [3.8, 4) is 5.75 Å². The van der Waals surface area contributed by atoms with Gasteiger partial charge in [-0.25, -0.2) is 9.97 Å². The molecular formula is C27H26N6O2. The van der Waals surface area contributed by atoms with Gasteiger partial charge in [0.1, 0.15) is 17.9 Å². The minimum atomic E-state index is -0.640. The summed E-state index contributed by atoms with van der Waals surface area (Å²) in [5.41, 5.74) is 3.75. The Kier molecular flexibility index (Phi) is 6.01. The van der Waals surface area contributed by atoms with Gasteiger partial charge in [-0.3, -0.25) is 9.78 Å². The molecule has 0 unspecified atom stereocenters. The summed E-state index contributed by atoms with van der Waals surface area (Å²) in [4.78, 5) is 27.2. The van der Waals surface area contributed by atoms with Crippen molar-refractivity contribution in [1.29, 1.82) is 0 Å². The van der Waals surface area contributed by atoms with Gasteiger partial charge < -0.3 is 19.5 Å². The number of hydrogen-bond acceptors (Lipinski definition) is 6. The van der Waals surface area contributed by atoms with Gasteiger partial charge in [-0.2, -0.15) is 0 Å². The van der Waals surface area contributed by atoms with E-state index in [-0.39, 0.29) is 5.91 Å². The van der Waals surface area contributed by atoms with Crippen molar-refractivity contribution in [2.24, 2.45) is 0 Å². The van der Waals surface area contributed by atoms with E-state index < -0.39 is 6.10 Å². The fourth-order valence-electron chi connectivity index (χ4n) is 4.09. The maximum Gasteiger partial charge on any atom is 0.262 e. The highest BCUT2D eigenvalue weighted by Crippen LogP contribution is 2.33. The number of nitrogens with one attached hydrogen (secondary N) is 1. The lowest BCUT2D eigenvalue weighted by Crippen LogP contribution is -2.35. The van der Waals surface area contributed by atoms with E-state index in [1.54, 1.807) is 21.0 Å². The fraction of sp³-hybridized carbons (Fsp3) is 0.185. The summed E-state index contributed by atoms with van der Waals surface area (Å²) in [6.07, 6.45) is 4.76. The smallest absolute Gasteiger partial charge is 0.262 e. The number of aromatic nitrogens is 4. The molecule has 0 saturated heterocycles. The molecule has 8 heteroatoms. The van der Waals surface area contributed by atoms with Gasteiger partial charge in [0, 0.05) is 43.1 Å². The number of rotatable bonds is 7. The molecule has 1 N–H and O–H groups in total. The second-order valence-electron chi connectivity index (χ2n) is 8.53. The summed E-state index contributed by atoms with van der Waals surface area (Å²) in [6.45, 7) is 2.44. The van der Waals surface area contributed by atoms with E-state index in [0.29, 0.717) is 18.1 Å². The number of ether oxygens (including phenoxy) is 1. The van der Waals surface area contributed by atoms with Gasteiger partial charge in [0.2, 0.25) is 0 Å². The summed E-state index contributed by atoms with van der Waals surface area (Å²) in [6, 6.07) is 19.8. The van der Waals surface area contributed by atoms with Crippen LogP contribution in [0.5, 0.6) is 5.75 Å². The Morgan fingerprint density at radius 3 is 2.74 bits per heavy atom.